The highest BCUT2D eigenvalue weighted by Crippen LogP contribution is 2.30. The van der Waals surface area contributed by atoms with Crippen LogP contribution in [0.15, 0.2) is 0 Å². The molecule has 1 fully saturated rings. The highest BCUT2D eigenvalue weighted by molar-refractivity contribution is 4.76. The number of rotatable bonds is 8. The minimum atomic E-state index is 0.510. The Morgan fingerprint density at radius 2 is 1.53 bits per heavy atom. The summed E-state index contributed by atoms with van der Waals surface area (Å²) in [7, 11) is 0. The van der Waals surface area contributed by atoms with Gasteiger partial charge in [-0.15, -0.1) is 0 Å². The molecule has 0 bridgehead atoms. The molecule has 19 heavy (non-hydrogen) atoms. The van der Waals surface area contributed by atoms with Crippen LogP contribution in [0.25, 0.3) is 0 Å². The summed E-state index contributed by atoms with van der Waals surface area (Å²) < 4.78 is 0. The first kappa shape index (κ1) is 17.0. The van der Waals surface area contributed by atoms with Crippen molar-refractivity contribution in [2.24, 2.45) is 17.1 Å². The Labute approximate surface area is 121 Å². The summed E-state index contributed by atoms with van der Waals surface area (Å²) in [5, 5.41) is 0. The molecule has 114 valence electrons. The summed E-state index contributed by atoms with van der Waals surface area (Å²) in [6.45, 7) is 12.0. The lowest BCUT2D eigenvalue weighted by molar-refractivity contribution is 0.150. The molecule has 1 saturated heterocycles. The molecule has 0 radical (unpaired) electrons. The number of hydrogen-bond donors (Lipinski definition) is 1. The van der Waals surface area contributed by atoms with Crippen LogP contribution in [0.1, 0.15) is 72.1 Å². The molecule has 0 unspecified atom stereocenters. The van der Waals surface area contributed by atoms with E-state index in [2.05, 4.69) is 25.7 Å². The zero-order valence-electron chi connectivity index (χ0n) is 13.6. The van der Waals surface area contributed by atoms with Gasteiger partial charge in [-0.3, -0.25) is 0 Å². The Balaban J connectivity index is 2.01. The van der Waals surface area contributed by atoms with Crippen molar-refractivity contribution in [2.45, 2.75) is 72.1 Å². The maximum Gasteiger partial charge on any atom is -0.00161 e. The van der Waals surface area contributed by atoms with Crippen LogP contribution in [0, 0.1) is 11.3 Å². The summed E-state index contributed by atoms with van der Waals surface area (Å²) in [5.74, 6) is 0.973. The molecule has 2 nitrogen and oxygen atoms in total. The quantitative estimate of drug-likeness (QED) is 0.673. The molecule has 0 aromatic carbocycles. The van der Waals surface area contributed by atoms with E-state index in [0.717, 1.165) is 12.5 Å². The molecular weight excluding hydrogens is 232 g/mol. The molecule has 1 heterocycles. The van der Waals surface area contributed by atoms with Crippen molar-refractivity contribution in [3.05, 3.63) is 0 Å². The van der Waals surface area contributed by atoms with Crippen LogP contribution >= 0.6 is 0 Å². The first-order valence-electron chi connectivity index (χ1n) is 8.44. The first-order valence-corrected chi connectivity index (χ1v) is 8.44. The molecule has 1 rings (SSSR count). The zero-order valence-corrected chi connectivity index (χ0v) is 13.6. The van der Waals surface area contributed by atoms with Crippen LogP contribution in [-0.2, 0) is 0 Å². The third-order valence-electron chi connectivity index (χ3n) is 4.29. The fraction of sp³-hybridized carbons (Fsp3) is 1.00. The van der Waals surface area contributed by atoms with Gasteiger partial charge in [0.25, 0.3) is 0 Å². The molecule has 1 aliphatic heterocycles. The lowest BCUT2D eigenvalue weighted by Crippen LogP contribution is -2.35. The molecule has 2 N–H and O–H groups in total. The Morgan fingerprint density at radius 1 is 0.947 bits per heavy atom. The highest BCUT2D eigenvalue weighted by Gasteiger charge is 2.23. The van der Waals surface area contributed by atoms with Gasteiger partial charge in [0.05, 0.1) is 0 Å². The number of nitrogens with zero attached hydrogens (tertiary/aromatic N) is 1. The van der Waals surface area contributed by atoms with Gasteiger partial charge in [-0.05, 0) is 69.6 Å². The van der Waals surface area contributed by atoms with Gasteiger partial charge in [0.2, 0.25) is 0 Å². The summed E-state index contributed by atoms with van der Waals surface area (Å²) in [5.41, 5.74) is 6.02. The molecule has 0 atom stereocenters. The van der Waals surface area contributed by atoms with Gasteiger partial charge in [-0.25, -0.2) is 0 Å². The van der Waals surface area contributed by atoms with Gasteiger partial charge in [0.15, 0.2) is 0 Å². The average Bonchev–Trinajstić information content (AvgIpc) is 2.34. The standard InChI is InChI=1S/C17H36N2/c1-17(2,3)15-16-9-13-19(14-10-16)12-8-6-4-5-7-11-18/h16H,4-15,18H2,1-3H3. The van der Waals surface area contributed by atoms with E-state index >= 15 is 0 Å². The predicted molar refractivity (Wildman–Crippen MR) is 85.4 cm³/mol. The Bertz CT molecular complexity index is 212. The van der Waals surface area contributed by atoms with Crippen LogP contribution in [0.3, 0.4) is 0 Å². The fourth-order valence-electron chi connectivity index (χ4n) is 3.29. The van der Waals surface area contributed by atoms with E-state index in [1.165, 1.54) is 71.0 Å². The third kappa shape index (κ3) is 8.65. The largest absolute Gasteiger partial charge is 0.330 e. The molecule has 0 aromatic heterocycles. The summed E-state index contributed by atoms with van der Waals surface area (Å²) in [4.78, 5) is 2.68. The van der Waals surface area contributed by atoms with Crippen molar-refractivity contribution < 1.29 is 0 Å². The van der Waals surface area contributed by atoms with Crippen LogP contribution in [0.4, 0.5) is 0 Å². The van der Waals surface area contributed by atoms with E-state index in [9.17, 15) is 0 Å². The normalized spacial score (nSPS) is 18.9. The monoisotopic (exact) mass is 268 g/mol. The zero-order chi connectivity index (χ0) is 14.1. The topological polar surface area (TPSA) is 29.3 Å². The molecule has 0 aliphatic carbocycles. The second kappa shape index (κ2) is 8.97. The van der Waals surface area contributed by atoms with Crippen molar-refractivity contribution in [1.82, 2.24) is 4.90 Å². The summed E-state index contributed by atoms with van der Waals surface area (Å²) in [6.07, 6.45) is 10.9. The second-order valence-electron chi connectivity index (χ2n) is 7.61. The van der Waals surface area contributed by atoms with E-state index in [0.29, 0.717) is 5.41 Å². The van der Waals surface area contributed by atoms with Crippen molar-refractivity contribution in [1.29, 1.82) is 0 Å². The van der Waals surface area contributed by atoms with E-state index in [1.807, 2.05) is 0 Å². The van der Waals surface area contributed by atoms with Gasteiger partial charge < -0.3 is 10.6 Å². The summed E-state index contributed by atoms with van der Waals surface area (Å²) >= 11 is 0. The second-order valence-corrected chi connectivity index (χ2v) is 7.61. The molecule has 0 aromatic rings. The van der Waals surface area contributed by atoms with Crippen LogP contribution in [0.2, 0.25) is 0 Å². The van der Waals surface area contributed by atoms with E-state index in [4.69, 9.17) is 5.73 Å². The molecule has 1 aliphatic rings. The van der Waals surface area contributed by atoms with Gasteiger partial charge in [0.1, 0.15) is 0 Å². The molecule has 0 spiro atoms. The molecular formula is C17H36N2. The number of hydrogen-bond acceptors (Lipinski definition) is 2. The Kier molecular flexibility index (Phi) is 8.01. The van der Waals surface area contributed by atoms with Gasteiger partial charge >= 0.3 is 0 Å². The van der Waals surface area contributed by atoms with Crippen molar-refractivity contribution in [3.63, 3.8) is 0 Å². The third-order valence-corrected chi connectivity index (χ3v) is 4.29. The Hall–Kier alpha value is -0.0800. The predicted octanol–water partition coefficient (Wildman–Crippen LogP) is 4.04. The van der Waals surface area contributed by atoms with Crippen molar-refractivity contribution >= 4 is 0 Å². The lowest BCUT2D eigenvalue weighted by atomic mass is 9.80. The minimum absolute atomic E-state index is 0.510. The summed E-state index contributed by atoms with van der Waals surface area (Å²) in [6, 6.07) is 0. The van der Waals surface area contributed by atoms with Gasteiger partial charge in [0, 0.05) is 0 Å². The van der Waals surface area contributed by atoms with Crippen LogP contribution in [0.5, 0.6) is 0 Å². The maximum absolute atomic E-state index is 5.51. The van der Waals surface area contributed by atoms with E-state index in [1.54, 1.807) is 0 Å². The van der Waals surface area contributed by atoms with Crippen molar-refractivity contribution in [2.75, 3.05) is 26.2 Å². The minimum Gasteiger partial charge on any atom is -0.330 e. The maximum atomic E-state index is 5.51. The molecule has 0 amide bonds. The van der Waals surface area contributed by atoms with Gasteiger partial charge in [-0.1, -0.05) is 40.0 Å². The number of likely N-dealkylation sites (tertiary alicyclic amines) is 1. The van der Waals surface area contributed by atoms with Crippen LogP contribution in [-0.4, -0.2) is 31.1 Å². The smallest absolute Gasteiger partial charge is 0.00161 e. The molecule has 2 heteroatoms. The lowest BCUT2D eigenvalue weighted by Gasteiger charge is -2.35. The van der Waals surface area contributed by atoms with E-state index in [-0.39, 0.29) is 0 Å². The number of nitrogens with two attached hydrogens (primary N) is 1. The average molecular weight is 268 g/mol. The number of piperidine rings is 1. The number of unbranched alkanes of at least 4 members (excludes halogenated alkanes) is 4. The SMILES string of the molecule is CC(C)(C)CC1CCN(CCCCCCCN)CC1. The fourth-order valence-corrected chi connectivity index (χ4v) is 3.29. The van der Waals surface area contributed by atoms with Crippen LogP contribution < -0.4 is 5.73 Å². The first-order chi connectivity index (χ1) is 9.01. The van der Waals surface area contributed by atoms with Gasteiger partial charge in [-0.2, -0.15) is 0 Å². The molecule has 0 saturated carbocycles. The van der Waals surface area contributed by atoms with Crippen molar-refractivity contribution in [3.8, 4) is 0 Å². The van der Waals surface area contributed by atoms with E-state index < -0.39 is 0 Å². The Morgan fingerprint density at radius 3 is 2.11 bits per heavy atom. The highest BCUT2D eigenvalue weighted by atomic mass is 15.1.